The number of aryl methyl sites for hydroxylation is 2. The number of pyridine rings is 1. The summed E-state index contributed by atoms with van der Waals surface area (Å²) in [5, 5.41) is 8.04. The van der Waals surface area contributed by atoms with Gasteiger partial charge in [-0.25, -0.2) is 4.57 Å². The van der Waals surface area contributed by atoms with Gasteiger partial charge in [0.2, 0.25) is 11.8 Å². The predicted octanol–water partition coefficient (Wildman–Crippen LogP) is 2.87. The van der Waals surface area contributed by atoms with Gasteiger partial charge in [0.1, 0.15) is 6.54 Å². The van der Waals surface area contributed by atoms with Gasteiger partial charge in [0.25, 0.3) is 0 Å². The number of quaternary nitrogens is 1. The van der Waals surface area contributed by atoms with E-state index >= 15 is 0 Å². The Morgan fingerprint density at radius 3 is 2.25 bits per heavy atom. The number of nitrogens with zero attached hydrogens (tertiary/aromatic N) is 1. The SMILES string of the molecule is CC(C=C[NH2+]CCCC(=O)NCCSSCCNC(=O)CCC[n+]1ccc(C)cc1)=CI. The Morgan fingerprint density at radius 1 is 1.06 bits per heavy atom. The van der Waals surface area contributed by atoms with Crippen molar-refractivity contribution in [2.24, 2.45) is 0 Å². The molecule has 0 spiro atoms. The number of aromatic nitrogens is 1. The van der Waals surface area contributed by atoms with Gasteiger partial charge in [0.05, 0.1) is 12.7 Å². The smallest absolute Gasteiger partial charge is 0.220 e. The Balaban J connectivity index is 1.88. The van der Waals surface area contributed by atoms with Crippen molar-refractivity contribution in [2.75, 3.05) is 31.1 Å². The highest BCUT2D eigenvalue weighted by molar-refractivity contribution is 14.1. The first-order chi connectivity index (χ1) is 15.5. The summed E-state index contributed by atoms with van der Waals surface area (Å²) in [5.74, 6) is 1.97. The average Bonchev–Trinajstić information content (AvgIpc) is 2.79. The highest BCUT2D eigenvalue weighted by Gasteiger charge is 2.05. The monoisotopic (exact) mass is 592 g/mol. The Bertz CT molecular complexity index is 727. The minimum absolute atomic E-state index is 0.111. The van der Waals surface area contributed by atoms with Gasteiger partial charge in [-0.15, -0.1) is 0 Å². The van der Waals surface area contributed by atoms with Crippen LogP contribution in [0.25, 0.3) is 0 Å². The van der Waals surface area contributed by atoms with E-state index in [4.69, 9.17) is 0 Å². The molecule has 1 heterocycles. The lowest BCUT2D eigenvalue weighted by Gasteiger charge is -2.06. The molecule has 9 heteroatoms. The van der Waals surface area contributed by atoms with Gasteiger partial charge in [-0.1, -0.05) is 44.2 Å². The van der Waals surface area contributed by atoms with Crippen LogP contribution < -0.4 is 20.5 Å². The Hall–Kier alpha value is -1.04. The molecule has 1 aromatic heterocycles. The van der Waals surface area contributed by atoms with E-state index in [-0.39, 0.29) is 11.8 Å². The quantitative estimate of drug-likeness (QED) is 0.0856. The van der Waals surface area contributed by atoms with Crippen LogP contribution in [0.2, 0.25) is 0 Å². The molecule has 0 aliphatic carbocycles. The number of amides is 2. The number of carbonyl (C=O) groups excluding carboxylic acids is 2. The summed E-state index contributed by atoms with van der Waals surface area (Å²) in [5.41, 5.74) is 2.47. The van der Waals surface area contributed by atoms with Gasteiger partial charge in [0, 0.05) is 62.4 Å². The van der Waals surface area contributed by atoms with Crippen LogP contribution in [0, 0.1) is 6.92 Å². The summed E-state index contributed by atoms with van der Waals surface area (Å²) in [4.78, 5) is 23.7. The lowest BCUT2D eigenvalue weighted by atomic mass is 10.2. The lowest BCUT2D eigenvalue weighted by molar-refractivity contribution is -0.697. The fraction of sp³-hybridized carbons (Fsp3) is 0.522. The maximum absolute atomic E-state index is 11.9. The minimum atomic E-state index is 0.111. The Labute approximate surface area is 214 Å². The van der Waals surface area contributed by atoms with Crippen LogP contribution in [-0.4, -0.2) is 43.0 Å². The van der Waals surface area contributed by atoms with E-state index < -0.39 is 0 Å². The Morgan fingerprint density at radius 2 is 1.66 bits per heavy atom. The van der Waals surface area contributed by atoms with Crippen LogP contribution >= 0.6 is 44.2 Å². The number of nitrogens with one attached hydrogen (secondary N) is 2. The third-order valence-corrected chi connectivity index (χ3v) is 7.81. The summed E-state index contributed by atoms with van der Waals surface area (Å²) in [6.45, 7) is 7.26. The van der Waals surface area contributed by atoms with Crippen molar-refractivity contribution in [1.82, 2.24) is 10.6 Å². The molecule has 0 aromatic carbocycles. The van der Waals surface area contributed by atoms with E-state index in [2.05, 4.69) is 75.2 Å². The molecule has 32 heavy (non-hydrogen) atoms. The van der Waals surface area contributed by atoms with Crippen molar-refractivity contribution in [3.8, 4) is 0 Å². The number of rotatable bonds is 17. The van der Waals surface area contributed by atoms with E-state index in [0.717, 1.165) is 37.4 Å². The molecule has 1 aromatic rings. The van der Waals surface area contributed by atoms with Crippen molar-refractivity contribution in [3.05, 3.63) is 52.0 Å². The van der Waals surface area contributed by atoms with E-state index in [1.165, 1.54) is 11.1 Å². The minimum Gasteiger partial charge on any atom is -0.355 e. The molecule has 178 valence electrons. The van der Waals surface area contributed by atoms with Gasteiger partial charge < -0.3 is 16.0 Å². The molecule has 0 saturated heterocycles. The van der Waals surface area contributed by atoms with E-state index in [1.54, 1.807) is 21.6 Å². The van der Waals surface area contributed by atoms with Crippen molar-refractivity contribution in [1.29, 1.82) is 0 Å². The zero-order valence-corrected chi connectivity index (χ0v) is 22.9. The van der Waals surface area contributed by atoms with Gasteiger partial charge in [-0.3, -0.25) is 9.59 Å². The second-order valence-electron chi connectivity index (χ2n) is 7.40. The summed E-state index contributed by atoms with van der Waals surface area (Å²) in [6.07, 6.45) is 11.0. The zero-order valence-electron chi connectivity index (χ0n) is 19.1. The van der Waals surface area contributed by atoms with Crippen LogP contribution in [0.4, 0.5) is 0 Å². The summed E-state index contributed by atoms with van der Waals surface area (Å²) >= 11 is 2.22. The molecule has 4 N–H and O–H groups in total. The van der Waals surface area contributed by atoms with Crippen molar-refractivity contribution < 1.29 is 19.5 Å². The molecule has 0 aliphatic rings. The molecule has 0 aliphatic heterocycles. The van der Waals surface area contributed by atoms with Gasteiger partial charge >= 0.3 is 0 Å². The standard InChI is InChI=1S/C23H35IN4O2S2/c1-20-8-15-28(16-9-20)14-4-6-23(30)27-13-18-32-31-17-12-26-22(29)5-3-10-25-11-7-21(2)19-24/h7-9,11,15-16,19,25H,3-6,10,12-14,17-18H2,1-2H3,(H-,26,27,29,30)/p+2. The third-order valence-electron chi connectivity index (χ3n) is 4.42. The fourth-order valence-corrected chi connectivity index (χ4v) is 4.62. The van der Waals surface area contributed by atoms with Crippen LogP contribution in [0.15, 0.2) is 46.5 Å². The molecular weight excluding hydrogens is 555 g/mol. The van der Waals surface area contributed by atoms with Crippen molar-refractivity contribution in [3.63, 3.8) is 0 Å². The number of carbonyl (C=O) groups is 2. The number of halogens is 1. The zero-order chi connectivity index (χ0) is 23.4. The third kappa shape index (κ3) is 16.6. The molecule has 0 bridgehead atoms. The van der Waals surface area contributed by atoms with Gasteiger partial charge in [-0.05, 0) is 35.1 Å². The molecular formula is C23H37IN4O2S2+2. The largest absolute Gasteiger partial charge is 0.355 e. The molecule has 1 rings (SSSR count). The topological polar surface area (TPSA) is 78.7 Å². The molecule has 0 unspecified atom stereocenters. The van der Waals surface area contributed by atoms with Crippen LogP contribution in [0.5, 0.6) is 0 Å². The lowest BCUT2D eigenvalue weighted by Crippen LogP contribution is -2.78. The van der Waals surface area contributed by atoms with Crippen molar-refractivity contribution >= 4 is 56.0 Å². The molecule has 0 fully saturated rings. The number of allylic oxidation sites excluding steroid dienone is 2. The van der Waals surface area contributed by atoms with E-state index in [1.807, 2.05) is 22.7 Å². The van der Waals surface area contributed by atoms with Crippen LogP contribution in [0.1, 0.15) is 38.2 Å². The highest BCUT2D eigenvalue weighted by Crippen LogP contribution is 2.19. The Kier molecular flexibility index (Phi) is 17.6. The first kappa shape index (κ1) is 29.0. The molecule has 0 radical (unpaired) electrons. The average molecular weight is 593 g/mol. The predicted molar refractivity (Wildman–Crippen MR) is 144 cm³/mol. The first-order valence-corrected chi connectivity index (χ1v) is 14.7. The molecule has 0 atom stereocenters. The van der Waals surface area contributed by atoms with Crippen molar-refractivity contribution in [2.45, 2.75) is 46.1 Å². The summed E-state index contributed by atoms with van der Waals surface area (Å²) in [6, 6.07) is 4.15. The fourth-order valence-electron chi connectivity index (χ4n) is 2.59. The number of hydrogen-bond acceptors (Lipinski definition) is 4. The molecule has 6 nitrogen and oxygen atoms in total. The first-order valence-electron chi connectivity index (χ1n) is 11.0. The second-order valence-corrected chi connectivity index (χ2v) is 10.7. The summed E-state index contributed by atoms with van der Waals surface area (Å²) < 4.78 is 4.14. The van der Waals surface area contributed by atoms with Crippen LogP contribution in [-0.2, 0) is 16.1 Å². The van der Waals surface area contributed by atoms with E-state index in [0.29, 0.717) is 25.9 Å². The summed E-state index contributed by atoms with van der Waals surface area (Å²) in [7, 11) is 3.46. The maximum atomic E-state index is 11.9. The number of nitrogens with two attached hydrogens (primary N) is 1. The van der Waals surface area contributed by atoms with Gasteiger partial charge in [-0.2, -0.15) is 0 Å². The molecule has 0 saturated carbocycles. The van der Waals surface area contributed by atoms with Gasteiger partial charge in [0.15, 0.2) is 12.4 Å². The molecule has 2 amide bonds. The highest BCUT2D eigenvalue weighted by atomic mass is 127. The number of hydrogen-bond donors (Lipinski definition) is 3. The van der Waals surface area contributed by atoms with Crippen LogP contribution in [0.3, 0.4) is 0 Å². The normalized spacial score (nSPS) is 11.7. The van der Waals surface area contributed by atoms with E-state index in [9.17, 15) is 9.59 Å². The maximum Gasteiger partial charge on any atom is 0.220 e. The second kappa shape index (κ2) is 19.4.